The van der Waals surface area contributed by atoms with Gasteiger partial charge >= 0.3 is 5.97 Å². The van der Waals surface area contributed by atoms with Crippen molar-refractivity contribution in [3.05, 3.63) is 0 Å². The molecule has 0 bridgehead atoms. The lowest BCUT2D eigenvalue weighted by Gasteiger charge is -2.35. The standard InChI is InChI=1S/C10H16O4/c1-5-4-14-9(12)8-6(5)3-7(11)10(8,2)13/h5-8,11,13H,3-4H2,1-2H3/t5-,6-,7+,8-,10-/m1/s1. The highest BCUT2D eigenvalue weighted by Gasteiger charge is 2.58. The number of esters is 1. The predicted molar refractivity (Wildman–Crippen MR) is 48.4 cm³/mol. The Morgan fingerprint density at radius 3 is 2.79 bits per heavy atom. The van der Waals surface area contributed by atoms with E-state index in [1.165, 1.54) is 6.92 Å². The molecule has 0 unspecified atom stereocenters. The average Bonchev–Trinajstić information content (AvgIpc) is 2.33. The summed E-state index contributed by atoms with van der Waals surface area (Å²) < 4.78 is 4.98. The Bertz CT molecular complexity index is 261. The summed E-state index contributed by atoms with van der Waals surface area (Å²) in [6.07, 6.45) is -0.320. The average molecular weight is 200 g/mol. The topological polar surface area (TPSA) is 66.8 Å². The Balaban J connectivity index is 2.31. The molecule has 14 heavy (non-hydrogen) atoms. The van der Waals surface area contributed by atoms with Gasteiger partial charge in [-0.2, -0.15) is 0 Å². The lowest BCUT2D eigenvalue weighted by molar-refractivity contribution is -0.172. The lowest BCUT2D eigenvalue weighted by Crippen LogP contribution is -2.48. The van der Waals surface area contributed by atoms with E-state index in [0.29, 0.717) is 13.0 Å². The van der Waals surface area contributed by atoms with Gasteiger partial charge in [-0.1, -0.05) is 6.92 Å². The molecule has 4 heteroatoms. The number of fused-ring (bicyclic) bond motifs is 1. The summed E-state index contributed by atoms with van der Waals surface area (Å²) in [5, 5.41) is 19.7. The van der Waals surface area contributed by atoms with E-state index in [1.807, 2.05) is 6.92 Å². The minimum absolute atomic E-state index is 0.0567. The van der Waals surface area contributed by atoms with Crippen molar-refractivity contribution < 1.29 is 19.7 Å². The van der Waals surface area contributed by atoms with Crippen molar-refractivity contribution in [3.63, 3.8) is 0 Å². The van der Waals surface area contributed by atoms with Crippen LogP contribution in [0.5, 0.6) is 0 Å². The number of carbonyl (C=O) groups excluding carboxylic acids is 1. The number of ether oxygens (including phenoxy) is 1. The monoisotopic (exact) mass is 200 g/mol. The van der Waals surface area contributed by atoms with E-state index in [-0.39, 0.29) is 17.8 Å². The highest BCUT2D eigenvalue weighted by Crippen LogP contribution is 2.46. The molecular weight excluding hydrogens is 184 g/mol. The summed E-state index contributed by atoms with van der Waals surface area (Å²) in [6.45, 7) is 3.91. The third kappa shape index (κ3) is 1.17. The molecule has 1 saturated heterocycles. The van der Waals surface area contributed by atoms with Crippen LogP contribution in [0.1, 0.15) is 20.3 Å². The molecule has 1 aliphatic carbocycles. The number of aliphatic hydroxyl groups is 2. The molecule has 5 atom stereocenters. The zero-order valence-electron chi connectivity index (χ0n) is 8.43. The van der Waals surface area contributed by atoms with E-state index >= 15 is 0 Å². The summed E-state index contributed by atoms with van der Waals surface area (Å²) in [6, 6.07) is 0. The second-order valence-electron chi connectivity index (χ2n) is 4.73. The van der Waals surface area contributed by atoms with Gasteiger partial charge in [-0.05, 0) is 25.2 Å². The van der Waals surface area contributed by atoms with E-state index in [1.54, 1.807) is 0 Å². The molecule has 2 aliphatic rings. The summed E-state index contributed by atoms with van der Waals surface area (Å²) in [5.41, 5.74) is -1.32. The Morgan fingerprint density at radius 2 is 2.21 bits per heavy atom. The molecule has 80 valence electrons. The Morgan fingerprint density at radius 1 is 1.57 bits per heavy atom. The third-order valence-corrected chi connectivity index (χ3v) is 3.70. The largest absolute Gasteiger partial charge is 0.465 e. The first-order valence-corrected chi connectivity index (χ1v) is 5.01. The summed E-state index contributed by atoms with van der Waals surface area (Å²) in [4.78, 5) is 11.5. The maximum atomic E-state index is 11.5. The van der Waals surface area contributed by atoms with Crippen molar-refractivity contribution in [1.82, 2.24) is 0 Å². The molecule has 1 saturated carbocycles. The second-order valence-corrected chi connectivity index (χ2v) is 4.73. The number of carbonyl (C=O) groups is 1. The summed E-state index contributed by atoms with van der Waals surface area (Å²) >= 11 is 0. The molecule has 2 fully saturated rings. The molecule has 0 amide bonds. The lowest BCUT2D eigenvalue weighted by atomic mass is 9.79. The third-order valence-electron chi connectivity index (χ3n) is 3.70. The van der Waals surface area contributed by atoms with Gasteiger partial charge in [0.25, 0.3) is 0 Å². The molecule has 0 radical (unpaired) electrons. The van der Waals surface area contributed by atoms with Crippen LogP contribution in [0.4, 0.5) is 0 Å². The van der Waals surface area contributed by atoms with Crippen LogP contribution >= 0.6 is 0 Å². The van der Waals surface area contributed by atoms with Crippen LogP contribution in [0.3, 0.4) is 0 Å². The molecule has 0 spiro atoms. The first-order valence-electron chi connectivity index (χ1n) is 5.01. The van der Waals surface area contributed by atoms with Crippen LogP contribution in [0.2, 0.25) is 0 Å². The van der Waals surface area contributed by atoms with Gasteiger partial charge in [-0.3, -0.25) is 4.79 Å². The smallest absolute Gasteiger partial charge is 0.312 e. The normalized spacial score (nSPS) is 52.7. The van der Waals surface area contributed by atoms with Crippen molar-refractivity contribution >= 4 is 5.97 Å². The van der Waals surface area contributed by atoms with Crippen LogP contribution < -0.4 is 0 Å². The van der Waals surface area contributed by atoms with Crippen molar-refractivity contribution in [2.24, 2.45) is 17.8 Å². The highest BCUT2D eigenvalue weighted by molar-refractivity contribution is 5.75. The summed E-state index contributed by atoms with van der Waals surface area (Å²) in [5.74, 6) is -0.640. The highest BCUT2D eigenvalue weighted by atomic mass is 16.5. The van der Waals surface area contributed by atoms with Crippen LogP contribution in [-0.2, 0) is 9.53 Å². The SMILES string of the molecule is C[C@@H]1COC(=O)[C@H]2[C@@H]1C[C@H](O)[C@@]2(C)O. The molecule has 2 N–H and O–H groups in total. The summed E-state index contributed by atoms with van der Waals surface area (Å²) in [7, 11) is 0. The van der Waals surface area contributed by atoms with Crippen molar-refractivity contribution in [2.45, 2.75) is 32.0 Å². The van der Waals surface area contributed by atoms with Crippen LogP contribution in [0.25, 0.3) is 0 Å². The first kappa shape index (κ1) is 9.93. The predicted octanol–water partition coefficient (Wildman–Crippen LogP) is -0.0727. The van der Waals surface area contributed by atoms with Crippen molar-refractivity contribution in [3.8, 4) is 0 Å². The number of cyclic esters (lactones) is 1. The van der Waals surface area contributed by atoms with E-state index in [0.717, 1.165) is 0 Å². The minimum Gasteiger partial charge on any atom is -0.465 e. The van der Waals surface area contributed by atoms with Gasteiger partial charge in [0.1, 0.15) is 5.60 Å². The van der Waals surface area contributed by atoms with Crippen LogP contribution in [0, 0.1) is 17.8 Å². The first-order chi connectivity index (χ1) is 6.44. The quantitative estimate of drug-likeness (QED) is 0.537. The number of hydrogen-bond donors (Lipinski definition) is 2. The molecule has 4 nitrogen and oxygen atoms in total. The van der Waals surface area contributed by atoms with Crippen molar-refractivity contribution in [1.29, 1.82) is 0 Å². The Labute approximate surface area is 82.9 Å². The van der Waals surface area contributed by atoms with Gasteiger partial charge in [-0.25, -0.2) is 0 Å². The fourth-order valence-electron chi connectivity index (χ4n) is 2.67. The van der Waals surface area contributed by atoms with Gasteiger partial charge in [0.05, 0.1) is 18.6 Å². The van der Waals surface area contributed by atoms with E-state index in [4.69, 9.17) is 4.74 Å². The maximum Gasteiger partial charge on any atom is 0.312 e. The van der Waals surface area contributed by atoms with Gasteiger partial charge < -0.3 is 14.9 Å². The van der Waals surface area contributed by atoms with Crippen LogP contribution in [-0.4, -0.2) is 34.5 Å². The molecule has 0 aromatic carbocycles. The molecule has 1 aliphatic heterocycles. The Kier molecular flexibility index (Phi) is 2.08. The van der Waals surface area contributed by atoms with E-state index < -0.39 is 17.6 Å². The van der Waals surface area contributed by atoms with Gasteiger partial charge in [0.15, 0.2) is 0 Å². The maximum absolute atomic E-state index is 11.5. The van der Waals surface area contributed by atoms with Crippen molar-refractivity contribution in [2.75, 3.05) is 6.61 Å². The van der Waals surface area contributed by atoms with Gasteiger partial charge in [0.2, 0.25) is 0 Å². The second kappa shape index (κ2) is 2.94. The molecule has 2 rings (SSSR count). The molecule has 1 heterocycles. The zero-order valence-corrected chi connectivity index (χ0v) is 8.43. The van der Waals surface area contributed by atoms with Gasteiger partial charge in [-0.15, -0.1) is 0 Å². The van der Waals surface area contributed by atoms with E-state index in [2.05, 4.69) is 0 Å². The zero-order chi connectivity index (χ0) is 10.5. The van der Waals surface area contributed by atoms with Gasteiger partial charge in [0, 0.05) is 0 Å². The fraction of sp³-hybridized carbons (Fsp3) is 0.900. The molecule has 0 aromatic heterocycles. The Hall–Kier alpha value is -0.610. The minimum atomic E-state index is -1.32. The van der Waals surface area contributed by atoms with Crippen LogP contribution in [0.15, 0.2) is 0 Å². The fourth-order valence-corrected chi connectivity index (χ4v) is 2.67. The number of aliphatic hydroxyl groups excluding tert-OH is 1. The number of hydrogen-bond acceptors (Lipinski definition) is 4. The molecular formula is C10H16O4. The van der Waals surface area contributed by atoms with E-state index in [9.17, 15) is 15.0 Å². The molecule has 0 aromatic rings. The number of rotatable bonds is 0.